The number of ether oxygens (including phenoxy) is 6. The largest absolute Gasteiger partial charge is 0.436 e. The van der Waals surface area contributed by atoms with E-state index in [0.29, 0.717) is 39.5 Å². The van der Waals surface area contributed by atoms with Crippen molar-refractivity contribution in [1.82, 2.24) is 0 Å². The van der Waals surface area contributed by atoms with Crippen LogP contribution in [0.25, 0.3) is 0 Å². The predicted molar refractivity (Wildman–Crippen MR) is 552 cm³/mol. The number of cyclic esters (lactones) is 2. The second kappa shape index (κ2) is 75.9. The standard InChI is InChI=1S/C24H58O7Si4.C22H50O8Si4.C18H46O5Si4.C4H2O3.15CH4.H2O/c1-14-24(3,28-34(11,12)30-32(5,6)7)29-35(13,31-33(8,9)10)22-16-19-26-18-15-20-27-23(2)17-21-25-4;1-12-22(2,27-33(9,10)29-31(3,4)5)28-34(11,30-32(6,7)8)20-14-17-25-19-16-21(23)15-13-18-26-24;1-13-18(3,20-26(10,11)22-24(4,5)6)21-27(12,23-25(7,8)9)17-15-16-19-14-2;5-3-1-2-4(6)7-3;;;;;;;;;;;;;;;;/h23H,14-22H2,1-13H3;13,15,24H,12,14,16-20H2,1-11H3;13-17H2,1-12H3;1-2H;15*1H4;1H2/b;15-13+;;;;;;;;;;;;;;;;;;. The first-order valence-corrected chi connectivity index (χ1v) is 74.0. The van der Waals surface area contributed by atoms with Crippen LogP contribution in [0, 0.1) is 0 Å². The summed E-state index contributed by atoms with van der Waals surface area (Å²) in [6, 6.07) is 2.56. The molecule has 0 radical (unpaired) electrons. The van der Waals surface area contributed by atoms with Crippen LogP contribution < -0.4 is 0 Å². The smallest absolute Gasteiger partial charge is 0.338 e. The van der Waals surface area contributed by atoms with Crippen molar-refractivity contribution in [3.63, 3.8) is 0 Å². The molecule has 0 spiro atoms. The lowest BCUT2D eigenvalue weighted by molar-refractivity contribution is -0.231. The van der Waals surface area contributed by atoms with Crippen LogP contribution in [0.5, 0.6) is 0 Å². The molecule has 3 N–H and O–H groups in total. The number of carbonyl (C=O) groups excluding carboxylic acids is 3. The Morgan fingerprint density at radius 1 is 0.403 bits per heavy atom. The third-order valence-corrected chi connectivity index (χ3v) is 48.8. The van der Waals surface area contributed by atoms with Crippen LogP contribution in [0.1, 0.15) is 225 Å². The predicted octanol–water partition coefficient (Wildman–Crippen LogP) is 27.3. The van der Waals surface area contributed by atoms with Crippen LogP contribution >= 0.6 is 0 Å². The van der Waals surface area contributed by atoms with Crippen LogP contribution in [-0.2, 0) is 98.9 Å². The fourth-order valence-electron chi connectivity index (χ4n) is 11.4. The van der Waals surface area contributed by atoms with Crippen molar-refractivity contribution < 1.29 is 110 Å². The summed E-state index contributed by atoms with van der Waals surface area (Å²) in [6.07, 6.45) is 12.2. The van der Waals surface area contributed by atoms with E-state index in [4.69, 9.17) is 80.2 Å². The average Bonchev–Trinajstić information content (AvgIpc) is 1.10. The summed E-state index contributed by atoms with van der Waals surface area (Å²) in [4.78, 5) is 35.5. The van der Waals surface area contributed by atoms with Gasteiger partial charge in [-0.3, -0.25) is 10.1 Å². The maximum absolute atomic E-state index is 11.7. The number of hydrogen-bond acceptors (Lipinski definition) is 23. The van der Waals surface area contributed by atoms with Crippen molar-refractivity contribution in [2.75, 3.05) is 66.6 Å². The van der Waals surface area contributed by atoms with Gasteiger partial charge in [0.25, 0.3) is 0 Å². The minimum absolute atomic E-state index is 0. The zero-order valence-corrected chi connectivity index (χ0v) is 84.7. The SMILES string of the molecule is C.C.C.C.C.C.C.C.C.C.C.C.C.C.C.CCC(C)(O[Si](C)(C)O[Si](C)(C)C)O[Si](C)(CCCOCCC(=O)/C=C/COO)O[Si](C)(C)C.CCC(C)(O[Si](C)(C)O[Si](C)(C)C)O[Si](C)(CCCOCCCOC(C)CCOC)O[Si](C)(C)C.CCOCCC[Si](C)(OC(C)(CC)O[Si](C)(C)O[Si](C)(C)C)O[Si](C)(C)C.O.O=C1C=CC(=O)O1. The molecule has 0 aromatic heterocycles. The lowest BCUT2D eigenvalue weighted by Gasteiger charge is -2.45. The number of hydrogen-bond donors (Lipinski definition) is 1. The van der Waals surface area contributed by atoms with E-state index in [1.807, 2.05) is 13.8 Å². The van der Waals surface area contributed by atoms with Crippen molar-refractivity contribution in [2.45, 2.75) is 443 Å². The van der Waals surface area contributed by atoms with E-state index < -0.39 is 131 Å². The molecule has 24 nitrogen and oxygen atoms in total. The fraction of sp³-hybridized carbons (Fsp3) is 0.916. The number of rotatable bonds is 54. The molecule has 0 fully saturated rings. The number of carbonyl (C=O) groups is 3. The zero-order valence-electron chi connectivity index (χ0n) is 72.7. The van der Waals surface area contributed by atoms with E-state index in [0.717, 1.165) is 95.1 Å². The molecule has 0 bridgehead atoms. The highest BCUT2D eigenvalue weighted by molar-refractivity contribution is 6.85. The summed E-state index contributed by atoms with van der Waals surface area (Å²) in [7, 11) is -23.4. The summed E-state index contributed by atoms with van der Waals surface area (Å²) in [5.41, 5.74) is 0. The Morgan fingerprint density at radius 3 is 0.908 bits per heavy atom. The van der Waals surface area contributed by atoms with E-state index in [9.17, 15) is 14.4 Å². The summed E-state index contributed by atoms with van der Waals surface area (Å²) >= 11 is 0. The molecule has 7 atom stereocenters. The van der Waals surface area contributed by atoms with Gasteiger partial charge in [0.2, 0.25) is 0 Å². The first-order chi connectivity index (χ1) is 46.4. The Bertz CT molecular complexity index is 2390. The zero-order chi connectivity index (χ0) is 80.9. The van der Waals surface area contributed by atoms with Gasteiger partial charge in [-0.1, -0.05) is 138 Å². The van der Waals surface area contributed by atoms with Gasteiger partial charge >= 0.3 is 63.3 Å². The first kappa shape index (κ1) is 166. The highest BCUT2D eigenvalue weighted by Crippen LogP contribution is 2.37. The molecule has 0 saturated heterocycles. The van der Waals surface area contributed by atoms with Crippen molar-refractivity contribution in [3.8, 4) is 0 Å². The molecule has 119 heavy (non-hydrogen) atoms. The van der Waals surface area contributed by atoms with Gasteiger partial charge in [0.1, 0.15) is 24.0 Å². The Kier molecular flexibility index (Phi) is 106. The first-order valence-electron chi connectivity index (χ1n) is 37.6. The Balaban J connectivity index is -0.0000000669. The molecule has 36 heteroatoms. The highest BCUT2D eigenvalue weighted by atomic mass is 28.5. The van der Waals surface area contributed by atoms with Crippen molar-refractivity contribution in [3.05, 3.63) is 24.3 Å². The van der Waals surface area contributed by atoms with Crippen LogP contribution in [0.2, 0.25) is 195 Å². The highest BCUT2D eigenvalue weighted by Gasteiger charge is 2.50. The summed E-state index contributed by atoms with van der Waals surface area (Å²) in [6.45, 7) is 80.5. The van der Waals surface area contributed by atoms with E-state index >= 15 is 0 Å². The maximum Gasteiger partial charge on any atom is 0.338 e. The van der Waals surface area contributed by atoms with E-state index in [1.54, 1.807) is 7.11 Å². The molecule has 1 aliphatic rings. The number of ketones is 1. The molecule has 1 rings (SSSR count). The maximum atomic E-state index is 11.7. The molecule has 1 heterocycles. The van der Waals surface area contributed by atoms with E-state index in [-0.39, 0.29) is 142 Å². The van der Waals surface area contributed by atoms with E-state index in [1.165, 1.54) is 12.2 Å². The Morgan fingerprint density at radius 2 is 0.672 bits per heavy atom. The molecule has 0 amide bonds. The van der Waals surface area contributed by atoms with Crippen molar-refractivity contribution in [1.29, 1.82) is 0 Å². The average molecular weight is 1940 g/mol. The molecule has 0 aromatic rings. The van der Waals surface area contributed by atoms with Gasteiger partial charge in [0.05, 0.1) is 12.7 Å². The van der Waals surface area contributed by atoms with E-state index in [2.05, 4.69) is 228 Å². The van der Waals surface area contributed by atoms with Crippen LogP contribution in [0.4, 0.5) is 0 Å². The minimum atomic E-state index is -2.58. The number of allylic oxidation sites excluding steroid dienone is 1. The molecule has 1 aliphatic heterocycles. The Hall–Kier alpha value is 0.0926. The van der Waals surface area contributed by atoms with Gasteiger partial charge in [0.15, 0.2) is 55.7 Å². The molecular formula is C83H218O24Si12. The summed E-state index contributed by atoms with van der Waals surface area (Å²) < 4.78 is 111. The Labute approximate surface area is 757 Å². The molecule has 7 unspecified atom stereocenters. The van der Waals surface area contributed by atoms with Gasteiger partial charge in [0, 0.05) is 71.9 Å². The quantitative estimate of drug-likeness (QED) is 0.00865. The third-order valence-electron chi connectivity index (χ3n) is 13.9. The second-order valence-electron chi connectivity index (χ2n) is 34.5. The number of esters is 2. The molecule has 742 valence electrons. The molecular weight excluding hydrogens is 1720 g/mol. The normalized spacial score (nSPS) is 15.3. The van der Waals surface area contributed by atoms with Crippen LogP contribution in [0.15, 0.2) is 24.3 Å². The van der Waals surface area contributed by atoms with Gasteiger partial charge < -0.3 is 85.1 Å². The van der Waals surface area contributed by atoms with Gasteiger partial charge in [-0.05, 0) is 287 Å². The van der Waals surface area contributed by atoms with Gasteiger partial charge in [-0.15, -0.1) is 0 Å². The minimum Gasteiger partial charge on any atom is -0.436 e. The lowest BCUT2D eigenvalue weighted by atomic mass is 10.3. The summed E-state index contributed by atoms with van der Waals surface area (Å²) in [5.74, 6) is -3.39. The van der Waals surface area contributed by atoms with Crippen LogP contribution in [-0.4, -0.2) is 220 Å². The number of methoxy groups -OCH3 is 1. The van der Waals surface area contributed by atoms with Crippen molar-refractivity contribution >= 4 is 119 Å². The van der Waals surface area contributed by atoms with Crippen LogP contribution in [0.3, 0.4) is 0 Å². The lowest BCUT2D eigenvalue weighted by Crippen LogP contribution is -2.57. The molecule has 0 aliphatic carbocycles. The molecule has 0 saturated carbocycles. The topological polar surface area (TPSA) is 278 Å². The fourth-order valence-corrected chi connectivity index (χ4v) is 56.8. The van der Waals surface area contributed by atoms with Gasteiger partial charge in [-0.2, -0.15) is 0 Å². The molecule has 0 aromatic carbocycles. The second-order valence-corrected chi connectivity index (χ2v) is 82.7. The van der Waals surface area contributed by atoms with Gasteiger partial charge in [-0.25, -0.2) is 14.5 Å². The summed E-state index contributed by atoms with van der Waals surface area (Å²) in [5, 5.41) is 8.26. The monoisotopic (exact) mass is 1940 g/mol. The van der Waals surface area contributed by atoms with Crippen molar-refractivity contribution in [2.24, 2.45) is 0 Å². The third kappa shape index (κ3) is 97.0.